The third-order valence-corrected chi connectivity index (χ3v) is 3.53. The van der Waals surface area contributed by atoms with Gasteiger partial charge >= 0.3 is 0 Å². The molecule has 0 aliphatic carbocycles. The van der Waals surface area contributed by atoms with Crippen LogP contribution in [-0.4, -0.2) is 18.5 Å². The van der Waals surface area contributed by atoms with Gasteiger partial charge in [0.15, 0.2) is 0 Å². The summed E-state index contributed by atoms with van der Waals surface area (Å²) in [6, 6.07) is 6.16. The van der Waals surface area contributed by atoms with Crippen LogP contribution in [0, 0.1) is 6.92 Å². The lowest BCUT2D eigenvalue weighted by Gasteiger charge is -2.11. The van der Waals surface area contributed by atoms with Crippen molar-refractivity contribution in [3.8, 4) is 0 Å². The predicted molar refractivity (Wildman–Crippen MR) is 75.3 cm³/mol. The van der Waals surface area contributed by atoms with Crippen LogP contribution >= 0.6 is 15.9 Å². The molecule has 0 saturated heterocycles. The van der Waals surface area contributed by atoms with E-state index in [1.807, 2.05) is 25.1 Å². The molecule has 0 spiro atoms. The highest BCUT2D eigenvalue weighted by molar-refractivity contribution is 9.10. The van der Waals surface area contributed by atoms with E-state index in [0.717, 1.165) is 22.1 Å². The molecule has 1 aromatic carbocycles. The predicted octanol–water partition coefficient (Wildman–Crippen LogP) is 3.08. The Morgan fingerprint density at radius 2 is 2.18 bits per heavy atom. The molecule has 17 heavy (non-hydrogen) atoms. The minimum atomic E-state index is -0.0129. The van der Waals surface area contributed by atoms with Crippen molar-refractivity contribution in [1.82, 2.24) is 5.32 Å². The first-order valence-corrected chi connectivity index (χ1v) is 6.61. The second-order valence-corrected chi connectivity index (χ2v) is 5.06. The van der Waals surface area contributed by atoms with Gasteiger partial charge in [0.05, 0.1) is 6.54 Å². The molecule has 0 fully saturated rings. The summed E-state index contributed by atoms with van der Waals surface area (Å²) in [5.74, 6) is -0.0129. The van der Waals surface area contributed by atoms with E-state index in [2.05, 4.69) is 40.4 Å². The van der Waals surface area contributed by atoms with Crippen LogP contribution < -0.4 is 10.6 Å². The SMILES string of the molecule is CC[C@H](C)NCC(=O)Nc1ccc(C)c(Br)c1. The topological polar surface area (TPSA) is 41.1 Å². The molecule has 0 heterocycles. The maximum absolute atomic E-state index is 11.6. The van der Waals surface area contributed by atoms with Crippen LogP contribution in [0.2, 0.25) is 0 Å². The van der Waals surface area contributed by atoms with Crippen LogP contribution in [0.1, 0.15) is 25.8 Å². The third-order valence-electron chi connectivity index (χ3n) is 2.68. The number of halogens is 1. The highest BCUT2D eigenvalue weighted by Crippen LogP contribution is 2.20. The Labute approximate surface area is 111 Å². The first kappa shape index (κ1) is 14.2. The van der Waals surface area contributed by atoms with Gasteiger partial charge in [-0.15, -0.1) is 0 Å². The number of hydrogen-bond acceptors (Lipinski definition) is 2. The van der Waals surface area contributed by atoms with E-state index in [1.165, 1.54) is 0 Å². The summed E-state index contributed by atoms with van der Waals surface area (Å²) in [7, 11) is 0. The van der Waals surface area contributed by atoms with Gasteiger partial charge in [-0.2, -0.15) is 0 Å². The normalized spacial score (nSPS) is 12.2. The molecule has 0 unspecified atom stereocenters. The molecule has 1 aromatic rings. The fourth-order valence-corrected chi connectivity index (χ4v) is 1.67. The van der Waals surface area contributed by atoms with Crippen molar-refractivity contribution in [1.29, 1.82) is 0 Å². The number of hydrogen-bond donors (Lipinski definition) is 2. The van der Waals surface area contributed by atoms with Crippen molar-refractivity contribution in [3.63, 3.8) is 0 Å². The van der Waals surface area contributed by atoms with Gasteiger partial charge in [0.1, 0.15) is 0 Å². The van der Waals surface area contributed by atoms with Crippen molar-refractivity contribution in [2.45, 2.75) is 33.2 Å². The number of anilines is 1. The fourth-order valence-electron chi connectivity index (χ4n) is 1.29. The monoisotopic (exact) mass is 298 g/mol. The molecule has 0 bridgehead atoms. The van der Waals surface area contributed by atoms with Gasteiger partial charge in [-0.05, 0) is 38.0 Å². The summed E-state index contributed by atoms with van der Waals surface area (Å²) in [5, 5.41) is 6.01. The molecule has 1 atom stereocenters. The quantitative estimate of drug-likeness (QED) is 0.877. The number of aryl methyl sites for hydroxylation is 1. The minimum Gasteiger partial charge on any atom is -0.325 e. The van der Waals surface area contributed by atoms with Crippen molar-refractivity contribution in [2.75, 3.05) is 11.9 Å². The molecule has 0 aliphatic heterocycles. The number of carbonyl (C=O) groups is 1. The molecule has 1 amide bonds. The molecule has 4 heteroatoms. The zero-order valence-electron chi connectivity index (χ0n) is 10.5. The number of amides is 1. The summed E-state index contributed by atoms with van der Waals surface area (Å²) >= 11 is 3.44. The summed E-state index contributed by atoms with van der Waals surface area (Å²) < 4.78 is 1.00. The second kappa shape index (κ2) is 6.77. The largest absolute Gasteiger partial charge is 0.325 e. The zero-order chi connectivity index (χ0) is 12.8. The summed E-state index contributed by atoms with van der Waals surface area (Å²) in [5.41, 5.74) is 1.97. The van der Waals surface area contributed by atoms with E-state index in [-0.39, 0.29) is 5.91 Å². The van der Waals surface area contributed by atoms with Crippen LogP contribution in [-0.2, 0) is 4.79 Å². The summed E-state index contributed by atoms with van der Waals surface area (Å²) in [4.78, 5) is 11.6. The highest BCUT2D eigenvalue weighted by atomic mass is 79.9. The van der Waals surface area contributed by atoms with Crippen molar-refractivity contribution < 1.29 is 4.79 Å². The van der Waals surface area contributed by atoms with E-state index in [4.69, 9.17) is 0 Å². The molecule has 0 saturated carbocycles. The lowest BCUT2D eigenvalue weighted by atomic mass is 10.2. The molecular formula is C13H19BrN2O. The summed E-state index contributed by atoms with van der Waals surface area (Å²) in [6.07, 6.45) is 1.02. The van der Waals surface area contributed by atoms with Crippen LogP contribution in [0.5, 0.6) is 0 Å². The van der Waals surface area contributed by atoms with E-state index in [9.17, 15) is 4.79 Å². The van der Waals surface area contributed by atoms with Gasteiger partial charge in [-0.25, -0.2) is 0 Å². The lowest BCUT2D eigenvalue weighted by molar-refractivity contribution is -0.115. The number of benzene rings is 1. The molecule has 0 radical (unpaired) electrons. The van der Waals surface area contributed by atoms with E-state index in [1.54, 1.807) is 0 Å². The van der Waals surface area contributed by atoms with E-state index < -0.39 is 0 Å². The van der Waals surface area contributed by atoms with Crippen LogP contribution in [0.3, 0.4) is 0 Å². The Morgan fingerprint density at radius 3 is 2.76 bits per heavy atom. The van der Waals surface area contributed by atoms with Crippen molar-refractivity contribution in [2.24, 2.45) is 0 Å². The van der Waals surface area contributed by atoms with Gasteiger partial charge in [-0.3, -0.25) is 4.79 Å². The summed E-state index contributed by atoms with van der Waals surface area (Å²) in [6.45, 7) is 6.52. The molecule has 94 valence electrons. The standard InChI is InChI=1S/C13H19BrN2O/c1-4-10(3)15-8-13(17)16-11-6-5-9(2)12(14)7-11/h5-7,10,15H,4,8H2,1-3H3,(H,16,17)/t10-/m0/s1. The Bertz CT molecular complexity index is 393. The molecule has 0 aliphatic rings. The first-order chi connectivity index (χ1) is 8.02. The molecular weight excluding hydrogens is 280 g/mol. The Balaban J connectivity index is 2.48. The van der Waals surface area contributed by atoms with Crippen LogP contribution in [0.25, 0.3) is 0 Å². The number of nitrogens with one attached hydrogen (secondary N) is 2. The third kappa shape index (κ3) is 4.88. The molecule has 2 N–H and O–H groups in total. The van der Waals surface area contributed by atoms with Gasteiger partial charge in [0, 0.05) is 16.2 Å². The average Bonchev–Trinajstić information content (AvgIpc) is 2.31. The second-order valence-electron chi connectivity index (χ2n) is 4.20. The van der Waals surface area contributed by atoms with Gasteiger partial charge in [0.2, 0.25) is 5.91 Å². The minimum absolute atomic E-state index is 0.0129. The Kier molecular flexibility index (Phi) is 5.65. The molecule has 3 nitrogen and oxygen atoms in total. The van der Waals surface area contributed by atoms with Crippen LogP contribution in [0.15, 0.2) is 22.7 Å². The highest BCUT2D eigenvalue weighted by Gasteiger charge is 2.05. The van der Waals surface area contributed by atoms with E-state index >= 15 is 0 Å². The molecule has 1 rings (SSSR count). The average molecular weight is 299 g/mol. The Morgan fingerprint density at radius 1 is 1.47 bits per heavy atom. The van der Waals surface area contributed by atoms with Crippen LogP contribution in [0.4, 0.5) is 5.69 Å². The smallest absolute Gasteiger partial charge is 0.238 e. The molecule has 0 aromatic heterocycles. The maximum Gasteiger partial charge on any atom is 0.238 e. The number of carbonyl (C=O) groups excluding carboxylic acids is 1. The first-order valence-electron chi connectivity index (χ1n) is 5.82. The maximum atomic E-state index is 11.6. The zero-order valence-corrected chi connectivity index (χ0v) is 12.1. The van der Waals surface area contributed by atoms with Crippen molar-refractivity contribution >= 4 is 27.5 Å². The van der Waals surface area contributed by atoms with Gasteiger partial charge < -0.3 is 10.6 Å². The Hall–Kier alpha value is -0.870. The number of rotatable bonds is 5. The lowest BCUT2D eigenvalue weighted by Crippen LogP contribution is -2.33. The van der Waals surface area contributed by atoms with Gasteiger partial charge in [0.25, 0.3) is 0 Å². The van der Waals surface area contributed by atoms with E-state index in [0.29, 0.717) is 12.6 Å². The fraction of sp³-hybridized carbons (Fsp3) is 0.462. The van der Waals surface area contributed by atoms with Gasteiger partial charge in [-0.1, -0.05) is 28.9 Å². The van der Waals surface area contributed by atoms with Crippen molar-refractivity contribution in [3.05, 3.63) is 28.2 Å².